The van der Waals surface area contributed by atoms with E-state index in [0.717, 1.165) is 5.56 Å². The summed E-state index contributed by atoms with van der Waals surface area (Å²) in [6.45, 7) is 9.72. The van der Waals surface area contributed by atoms with Crippen molar-refractivity contribution >= 4 is 10.0 Å². The molecule has 1 rings (SSSR count). The van der Waals surface area contributed by atoms with Gasteiger partial charge in [-0.05, 0) is 29.0 Å². The fourth-order valence-corrected chi connectivity index (χ4v) is 2.65. The molecule has 4 nitrogen and oxygen atoms in total. The Morgan fingerprint density at radius 2 is 1.65 bits per heavy atom. The molecule has 1 aromatic carbocycles. The second-order valence-electron chi connectivity index (χ2n) is 6.46. The van der Waals surface area contributed by atoms with Crippen LogP contribution in [-0.2, 0) is 10.0 Å². The number of aliphatic hydroxyl groups excluding tert-OH is 1. The SMILES string of the molecule is CC(C)c1ccc(S(=O)(=O)NCC(O)C(C)(C)C)cc1. The normalized spacial score (nSPS) is 14.6. The van der Waals surface area contributed by atoms with E-state index in [1.165, 1.54) is 0 Å². The number of aliphatic hydroxyl groups is 1. The fraction of sp³-hybridized carbons (Fsp3) is 0.600. The topological polar surface area (TPSA) is 66.4 Å². The van der Waals surface area contributed by atoms with Crippen LogP contribution < -0.4 is 4.72 Å². The quantitative estimate of drug-likeness (QED) is 0.878. The third-order valence-electron chi connectivity index (χ3n) is 3.32. The molecular formula is C15H25NO3S. The van der Waals surface area contributed by atoms with Crippen LogP contribution >= 0.6 is 0 Å². The first kappa shape index (κ1) is 17.1. The molecule has 0 heterocycles. The van der Waals surface area contributed by atoms with Crippen LogP contribution in [0.4, 0.5) is 0 Å². The summed E-state index contributed by atoms with van der Waals surface area (Å²) in [5.41, 5.74) is 0.739. The molecule has 1 atom stereocenters. The van der Waals surface area contributed by atoms with Crippen LogP contribution in [0.5, 0.6) is 0 Å². The van der Waals surface area contributed by atoms with Gasteiger partial charge in [-0.3, -0.25) is 0 Å². The largest absolute Gasteiger partial charge is 0.391 e. The van der Waals surface area contributed by atoms with Crippen molar-refractivity contribution in [2.24, 2.45) is 5.41 Å². The van der Waals surface area contributed by atoms with Crippen molar-refractivity contribution in [3.8, 4) is 0 Å². The van der Waals surface area contributed by atoms with Crippen molar-refractivity contribution in [1.29, 1.82) is 0 Å². The van der Waals surface area contributed by atoms with Crippen molar-refractivity contribution in [3.63, 3.8) is 0 Å². The zero-order valence-corrected chi connectivity index (χ0v) is 13.7. The van der Waals surface area contributed by atoms with Gasteiger partial charge in [-0.25, -0.2) is 13.1 Å². The van der Waals surface area contributed by atoms with E-state index in [1.807, 2.05) is 32.9 Å². The standard InChI is InChI=1S/C15H25NO3S/c1-11(2)12-6-8-13(9-7-12)20(18,19)16-10-14(17)15(3,4)5/h6-9,11,14,16-17H,10H2,1-5H3. The first-order valence-corrected chi connectivity index (χ1v) is 8.30. The van der Waals surface area contributed by atoms with Gasteiger partial charge in [-0.1, -0.05) is 46.8 Å². The Bertz CT molecular complexity index is 527. The van der Waals surface area contributed by atoms with E-state index in [1.54, 1.807) is 12.1 Å². The van der Waals surface area contributed by atoms with Crippen LogP contribution in [0, 0.1) is 5.41 Å². The van der Waals surface area contributed by atoms with E-state index in [-0.39, 0.29) is 16.9 Å². The summed E-state index contributed by atoms with van der Waals surface area (Å²) in [6.07, 6.45) is -0.729. The molecule has 1 unspecified atom stereocenters. The molecule has 0 fully saturated rings. The van der Waals surface area contributed by atoms with Gasteiger partial charge in [0.25, 0.3) is 0 Å². The van der Waals surface area contributed by atoms with Gasteiger partial charge >= 0.3 is 0 Å². The molecule has 0 bridgehead atoms. The lowest BCUT2D eigenvalue weighted by molar-refractivity contribution is 0.0677. The summed E-state index contributed by atoms with van der Waals surface area (Å²) in [4.78, 5) is 0.225. The van der Waals surface area contributed by atoms with Crippen molar-refractivity contribution in [2.75, 3.05) is 6.54 Å². The second kappa shape index (κ2) is 6.24. The molecule has 1 aromatic rings. The molecule has 0 saturated carbocycles. The molecule has 0 aliphatic rings. The zero-order chi connectivity index (χ0) is 15.6. The van der Waals surface area contributed by atoms with Gasteiger partial charge in [0.2, 0.25) is 10.0 Å². The van der Waals surface area contributed by atoms with Crippen LogP contribution in [0.2, 0.25) is 0 Å². The van der Waals surface area contributed by atoms with Gasteiger partial charge in [0.1, 0.15) is 0 Å². The highest BCUT2D eigenvalue weighted by molar-refractivity contribution is 7.89. The predicted octanol–water partition coefficient (Wildman–Crippen LogP) is 2.50. The Morgan fingerprint density at radius 3 is 2.05 bits per heavy atom. The van der Waals surface area contributed by atoms with Crippen LogP contribution in [0.15, 0.2) is 29.2 Å². The molecular weight excluding hydrogens is 274 g/mol. The summed E-state index contributed by atoms with van der Waals surface area (Å²) in [5, 5.41) is 9.89. The minimum absolute atomic E-state index is 0.0117. The average molecular weight is 299 g/mol. The number of benzene rings is 1. The van der Waals surface area contributed by atoms with Crippen molar-refractivity contribution in [1.82, 2.24) is 4.72 Å². The van der Waals surface area contributed by atoms with Crippen molar-refractivity contribution < 1.29 is 13.5 Å². The van der Waals surface area contributed by atoms with E-state index in [9.17, 15) is 13.5 Å². The van der Waals surface area contributed by atoms with Gasteiger partial charge in [0, 0.05) is 6.54 Å². The van der Waals surface area contributed by atoms with Crippen molar-refractivity contribution in [3.05, 3.63) is 29.8 Å². The van der Waals surface area contributed by atoms with Crippen LogP contribution in [0.1, 0.15) is 46.1 Å². The third-order valence-corrected chi connectivity index (χ3v) is 4.76. The summed E-state index contributed by atoms with van der Waals surface area (Å²) in [6, 6.07) is 6.83. The lowest BCUT2D eigenvalue weighted by atomic mass is 9.89. The zero-order valence-electron chi connectivity index (χ0n) is 12.8. The monoisotopic (exact) mass is 299 g/mol. The molecule has 20 heavy (non-hydrogen) atoms. The number of nitrogens with one attached hydrogen (secondary N) is 1. The minimum atomic E-state index is -3.57. The van der Waals surface area contributed by atoms with Crippen LogP contribution in [-0.4, -0.2) is 26.2 Å². The first-order chi connectivity index (χ1) is 9.04. The summed E-state index contributed by atoms with van der Waals surface area (Å²) >= 11 is 0. The summed E-state index contributed by atoms with van der Waals surface area (Å²) in [7, 11) is -3.57. The van der Waals surface area contributed by atoms with E-state index in [0.29, 0.717) is 5.92 Å². The maximum Gasteiger partial charge on any atom is 0.240 e. The predicted molar refractivity (Wildman–Crippen MR) is 81.2 cm³/mol. The van der Waals surface area contributed by atoms with Crippen molar-refractivity contribution in [2.45, 2.75) is 51.5 Å². The Hall–Kier alpha value is -0.910. The van der Waals surface area contributed by atoms with Crippen LogP contribution in [0.3, 0.4) is 0 Å². The third kappa shape index (κ3) is 4.58. The molecule has 0 radical (unpaired) electrons. The van der Waals surface area contributed by atoms with Gasteiger partial charge < -0.3 is 5.11 Å². The van der Waals surface area contributed by atoms with Gasteiger partial charge in [0.15, 0.2) is 0 Å². The second-order valence-corrected chi connectivity index (χ2v) is 8.22. The fourth-order valence-electron chi connectivity index (χ4n) is 1.61. The lowest BCUT2D eigenvalue weighted by Crippen LogP contribution is -2.39. The molecule has 0 aromatic heterocycles. The first-order valence-electron chi connectivity index (χ1n) is 6.82. The number of hydrogen-bond donors (Lipinski definition) is 2. The minimum Gasteiger partial charge on any atom is -0.391 e. The Kier molecular flexibility index (Phi) is 5.35. The maximum absolute atomic E-state index is 12.1. The maximum atomic E-state index is 12.1. The van der Waals surface area contributed by atoms with Gasteiger partial charge in [-0.15, -0.1) is 0 Å². The molecule has 0 saturated heterocycles. The summed E-state index contributed by atoms with van der Waals surface area (Å²) < 4.78 is 26.7. The van der Waals surface area contributed by atoms with Gasteiger partial charge in [0.05, 0.1) is 11.0 Å². The molecule has 0 aliphatic heterocycles. The Balaban J connectivity index is 2.79. The number of rotatable bonds is 5. The van der Waals surface area contributed by atoms with E-state index >= 15 is 0 Å². The summed E-state index contributed by atoms with van der Waals surface area (Å²) in [5.74, 6) is 0.363. The molecule has 0 spiro atoms. The molecule has 0 amide bonds. The molecule has 5 heteroatoms. The molecule has 0 aliphatic carbocycles. The van der Waals surface area contributed by atoms with Gasteiger partial charge in [-0.2, -0.15) is 0 Å². The number of sulfonamides is 1. The molecule has 2 N–H and O–H groups in total. The van der Waals surface area contributed by atoms with E-state index < -0.39 is 16.1 Å². The average Bonchev–Trinajstić information content (AvgIpc) is 2.35. The highest BCUT2D eigenvalue weighted by Crippen LogP contribution is 2.20. The highest BCUT2D eigenvalue weighted by atomic mass is 32.2. The van der Waals surface area contributed by atoms with Crippen LogP contribution in [0.25, 0.3) is 0 Å². The highest BCUT2D eigenvalue weighted by Gasteiger charge is 2.24. The van der Waals surface area contributed by atoms with E-state index in [4.69, 9.17) is 0 Å². The van der Waals surface area contributed by atoms with E-state index in [2.05, 4.69) is 18.6 Å². The molecule has 114 valence electrons. The lowest BCUT2D eigenvalue weighted by Gasteiger charge is -2.25. The Morgan fingerprint density at radius 1 is 1.15 bits per heavy atom. The Labute approximate surface area is 122 Å². The number of hydrogen-bond acceptors (Lipinski definition) is 3. The smallest absolute Gasteiger partial charge is 0.240 e.